The summed E-state index contributed by atoms with van der Waals surface area (Å²) in [6.07, 6.45) is 5.22. The van der Waals surface area contributed by atoms with Gasteiger partial charge in [0, 0.05) is 54.4 Å². The van der Waals surface area contributed by atoms with E-state index in [1.807, 2.05) is 17.6 Å². The zero-order chi connectivity index (χ0) is 35.1. The molecule has 6 bridgehead atoms. The van der Waals surface area contributed by atoms with Crippen LogP contribution in [0.5, 0.6) is 40.2 Å². The Labute approximate surface area is 303 Å². The molecule has 9 rings (SSSR count). The lowest BCUT2D eigenvalue weighted by atomic mass is 9.84. The molecule has 0 saturated carbocycles. The van der Waals surface area contributed by atoms with Gasteiger partial charge in [0.2, 0.25) is 5.75 Å². The zero-order valence-corrected chi connectivity index (χ0v) is 30.6. The van der Waals surface area contributed by atoms with Gasteiger partial charge in [-0.3, -0.25) is 9.80 Å². The molecule has 10 heteroatoms. The van der Waals surface area contributed by atoms with Gasteiger partial charge < -0.3 is 29.0 Å². The fourth-order valence-corrected chi connectivity index (χ4v) is 8.49. The smallest absolute Gasteiger partial charge is 0.204 e. The van der Waals surface area contributed by atoms with Crippen LogP contribution in [0.1, 0.15) is 51.0 Å². The van der Waals surface area contributed by atoms with Gasteiger partial charge in [0.25, 0.3) is 0 Å². The molecule has 0 saturated heterocycles. The molecule has 51 heavy (non-hydrogen) atoms. The van der Waals surface area contributed by atoms with Crippen LogP contribution in [0.25, 0.3) is 0 Å². The van der Waals surface area contributed by atoms with Crippen LogP contribution in [0, 0.1) is 0 Å². The van der Waals surface area contributed by atoms with Crippen molar-refractivity contribution in [1.82, 2.24) is 14.8 Å². The molecule has 5 heterocycles. The molecule has 264 valence electrons. The van der Waals surface area contributed by atoms with Crippen LogP contribution in [0.2, 0.25) is 0 Å². The summed E-state index contributed by atoms with van der Waals surface area (Å²) in [7, 11) is 9.50. The van der Waals surface area contributed by atoms with Crippen molar-refractivity contribution in [2.75, 3.05) is 53.8 Å². The van der Waals surface area contributed by atoms with E-state index in [0.717, 1.165) is 65.7 Å². The molecule has 0 unspecified atom stereocenters. The Kier molecular flexibility index (Phi) is 9.23. The van der Waals surface area contributed by atoms with Gasteiger partial charge in [0.15, 0.2) is 28.1 Å². The zero-order valence-electron chi connectivity index (χ0n) is 29.8. The first-order valence-corrected chi connectivity index (χ1v) is 18.4. The lowest BCUT2D eigenvalue weighted by Gasteiger charge is -2.38. The van der Waals surface area contributed by atoms with Crippen LogP contribution >= 0.6 is 11.3 Å². The summed E-state index contributed by atoms with van der Waals surface area (Å²) in [5.41, 5.74) is 8.39. The van der Waals surface area contributed by atoms with Crippen molar-refractivity contribution in [2.45, 2.75) is 44.3 Å². The van der Waals surface area contributed by atoms with E-state index >= 15 is 0 Å². The maximum Gasteiger partial charge on any atom is 0.204 e. The minimum atomic E-state index is -0.0295. The Balaban J connectivity index is 1.34. The molecule has 1 N–H and O–H groups in total. The fourth-order valence-electron chi connectivity index (χ4n) is 7.97. The molecule has 4 aliphatic rings. The molecular formula is C41H44N4O5S. The lowest BCUT2D eigenvalue weighted by molar-refractivity contribution is 0.220. The van der Waals surface area contributed by atoms with Gasteiger partial charge >= 0.3 is 0 Å². The van der Waals surface area contributed by atoms with Crippen LogP contribution < -0.4 is 29.0 Å². The Morgan fingerprint density at radius 3 is 2.31 bits per heavy atom. The summed E-state index contributed by atoms with van der Waals surface area (Å²) in [6, 6.07) is 21.5. The Morgan fingerprint density at radius 1 is 0.804 bits per heavy atom. The third-order valence-electron chi connectivity index (χ3n) is 10.7. The van der Waals surface area contributed by atoms with Crippen molar-refractivity contribution in [3.8, 4) is 40.2 Å². The van der Waals surface area contributed by atoms with E-state index in [0.29, 0.717) is 41.7 Å². The Morgan fingerprint density at radius 2 is 1.55 bits per heavy atom. The van der Waals surface area contributed by atoms with Crippen molar-refractivity contribution in [2.24, 2.45) is 0 Å². The monoisotopic (exact) mass is 704 g/mol. The minimum Gasteiger partial charge on any atom is -0.493 e. The first kappa shape index (κ1) is 33.4. The number of ether oxygens (including phenoxy) is 5. The number of rotatable bonds is 6. The summed E-state index contributed by atoms with van der Waals surface area (Å²) in [5, 5.41) is 6.37. The molecular weight excluding hydrogens is 661 g/mol. The van der Waals surface area contributed by atoms with Crippen molar-refractivity contribution >= 4 is 16.5 Å². The van der Waals surface area contributed by atoms with E-state index in [4.69, 9.17) is 23.7 Å². The van der Waals surface area contributed by atoms with Crippen molar-refractivity contribution in [3.63, 3.8) is 0 Å². The number of fused-ring (bicyclic) bond motifs is 2. The molecule has 5 aromatic rings. The average Bonchev–Trinajstić information content (AvgIpc) is 3.67. The molecule has 0 fully saturated rings. The Bertz CT molecular complexity index is 2030. The second-order valence-corrected chi connectivity index (χ2v) is 14.4. The highest BCUT2D eigenvalue weighted by Gasteiger charge is 2.36. The lowest BCUT2D eigenvalue weighted by Crippen LogP contribution is -2.35. The molecule has 0 radical (unpaired) electrons. The highest BCUT2D eigenvalue weighted by Crippen LogP contribution is 2.53. The number of anilines is 1. The molecule has 0 spiro atoms. The van der Waals surface area contributed by atoms with Gasteiger partial charge in [-0.15, -0.1) is 11.3 Å². The highest BCUT2D eigenvalue weighted by molar-refractivity contribution is 7.13. The summed E-state index contributed by atoms with van der Waals surface area (Å²) < 4.78 is 31.8. The standard InChI is InChI=1S/C41H44N4O5S/c1-44-17-14-27-9-12-29-23-31(27)33(44)20-25-6-10-28(11-7-25)49-36-22-26(8-13-35(36)46-3)21-34-37-30(15-18-45(34)2)32(24-43-41-42-16-19-51-41)38(47-4)40(48-5)39(37)50-29/h6-13,16,19,22-23,33-34H,14-15,17-18,20-21,24H2,1-5H3,(H,42,43)/t33-,34-/m0/s1. The molecule has 4 aliphatic heterocycles. The van der Waals surface area contributed by atoms with Gasteiger partial charge in [-0.25, -0.2) is 4.98 Å². The van der Waals surface area contributed by atoms with Crippen LogP contribution in [-0.2, 0) is 32.2 Å². The third kappa shape index (κ3) is 6.37. The minimum absolute atomic E-state index is 0.0295. The van der Waals surface area contributed by atoms with Crippen LogP contribution in [-0.4, -0.2) is 63.3 Å². The predicted octanol–water partition coefficient (Wildman–Crippen LogP) is 8.22. The van der Waals surface area contributed by atoms with Gasteiger partial charge in [0.1, 0.15) is 11.5 Å². The van der Waals surface area contributed by atoms with Crippen LogP contribution in [0.4, 0.5) is 5.13 Å². The van der Waals surface area contributed by atoms with E-state index in [9.17, 15) is 0 Å². The van der Waals surface area contributed by atoms with Crippen molar-refractivity contribution < 1.29 is 23.7 Å². The maximum absolute atomic E-state index is 7.11. The number of benzene rings is 4. The largest absolute Gasteiger partial charge is 0.493 e. The molecule has 2 atom stereocenters. The number of thiazole rings is 1. The number of methoxy groups -OCH3 is 3. The number of nitrogens with zero attached hydrogens (tertiary/aromatic N) is 3. The second-order valence-electron chi connectivity index (χ2n) is 13.6. The van der Waals surface area contributed by atoms with Gasteiger partial charge in [-0.1, -0.05) is 24.3 Å². The van der Waals surface area contributed by atoms with Gasteiger partial charge in [-0.2, -0.15) is 0 Å². The van der Waals surface area contributed by atoms with Crippen molar-refractivity contribution in [1.29, 1.82) is 0 Å². The SMILES string of the molecule is COc1ccc2cc1Oc1ccc(cc1)C[C@H]1c3cc(ccc3CCN1C)Oc1c(OC)c(OC)c(CNc3nccs3)c3c1[C@H](C2)N(C)CC3. The number of likely N-dealkylation sites (N-methyl/N-ethyl adjacent to an activating group) is 2. The predicted molar refractivity (Wildman–Crippen MR) is 201 cm³/mol. The second kappa shape index (κ2) is 14.1. The van der Waals surface area contributed by atoms with E-state index in [2.05, 4.69) is 88.8 Å². The van der Waals surface area contributed by atoms with Crippen LogP contribution in [0.15, 0.2) is 72.2 Å². The van der Waals surface area contributed by atoms with E-state index < -0.39 is 0 Å². The first-order valence-electron chi connectivity index (χ1n) is 17.5. The normalized spacial score (nSPS) is 18.5. The third-order valence-corrected chi connectivity index (χ3v) is 11.4. The van der Waals surface area contributed by atoms with E-state index in [1.165, 1.54) is 22.3 Å². The summed E-state index contributed by atoms with van der Waals surface area (Å²) in [6.45, 7) is 2.41. The van der Waals surface area contributed by atoms with Crippen LogP contribution in [0.3, 0.4) is 0 Å². The Hall–Kier alpha value is -4.77. The van der Waals surface area contributed by atoms with Gasteiger partial charge in [0.05, 0.1) is 21.3 Å². The van der Waals surface area contributed by atoms with Crippen molar-refractivity contribution in [3.05, 3.63) is 111 Å². The molecule has 0 amide bonds. The summed E-state index contributed by atoms with van der Waals surface area (Å²) in [5.74, 6) is 4.90. The molecule has 1 aromatic heterocycles. The molecule has 9 nitrogen and oxygen atoms in total. The van der Waals surface area contributed by atoms with E-state index in [1.54, 1.807) is 32.7 Å². The maximum atomic E-state index is 7.11. The first-order chi connectivity index (χ1) is 24.9. The topological polar surface area (TPSA) is 77.5 Å². The number of hydrogen-bond donors (Lipinski definition) is 1. The quantitative estimate of drug-likeness (QED) is 0.188. The fraction of sp³-hybridized carbons (Fsp3) is 0.341. The average molecular weight is 705 g/mol. The summed E-state index contributed by atoms with van der Waals surface area (Å²) in [4.78, 5) is 9.34. The number of nitrogens with one attached hydrogen (secondary N) is 1. The van der Waals surface area contributed by atoms with Gasteiger partial charge in [-0.05, 0) is 104 Å². The molecule has 0 aliphatic carbocycles. The molecule has 4 aromatic carbocycles. The highest BCUT2D eigenvalue weighted by atomic mass is 32.1. The number of hydrogen-bond acceptors (Lipinski definition) is 10. The summed E-state index contributed by atoms with van der Waals surface area (Å²) >= 11 is 1.58. The van der Waals surface area contributed by atoms with E-state index in [-0.39, 0.29) is 12.1 Å². The number of aromatic nitrogens is 1.